The van der Waals surface area contributed by atoms with Gasteiger partial charge in [0.15, 0.2) is 9.84 Å². The number of benzene rings is 2. The van der Waals surface area contributed by atoms with Gasteiger partial charge in [0.1, 0.15) is 5.82 Å². The molecule has 0 aromatic heterocycles. The SMILES string of the molecule is Cc1ccc(F)c(N2CCCC(NC(=O)c3cc([N+](=O)[O-])cc(S(C)(=O)=O)c3)C2)c1. The molecule has 1 amide bonds. The molecule has 2 aromatic carbocycles. The number of anilines is 1. The van der Waals surface area contributed by atoms with Gasteiger partial charge in [-0.2, -0.15) is 0 Å². The van der Waals surface area contributed by atoms with Crippen LogP contribution in [0.15, 0.2) is 41.3 Å². The van der Waals surface area contributed by atoms with Crippen LogP contribution in [0.3, 0.4) is 0 Å². The normalized spacial score (nSPS) is 16.9. The van der Waals surface area contributed by atoms with Gasteiger partial charge < -0.3 is 10.2 Å². The van der Waals surface area contributed by atoms with Crippen LogP contribution in [0.1, 0.15) is 28.8 Å². The monoisotopic (exact) mass is 435 g/mol. The van der Waals surface area contributed by atoms with Crippen molar-refractivity contribution in [2.45, 2.75) is 30.7 Å². The Kier molecular flexibility index (Phi) is 6.06. The molecule has 3 rings (SSSR count). The first kappa shape index (κ1) is 21.7. The van der Waals surface area contributed by atoms with E-state index in [2.05, 4.69) is 5.32 Å². The molecule has 0 aliphatic carbocycles. The summed E-state index contributed by atoms with van der Waals surface area (Å²) in [5.74, 6) is -0.954. The molecule has 0 saturated carbocycles. The van der Waals surface area contributed by atoms with E-state index in [1.807, 2.05) is 11.8 Å². The zero-order valence-electron chi connectivity index (χ0n) is 16.6. The Morgan fingerprint density at radius 1 is 1.27 bits per heavy atom. The zero-order chi connectivity index (χ0) is 22.1. The molecule has 1 N–H and O–H groups in total. The molecule has 0 spiro atoms. The van der Waals surface area contributed by atoms with Gasteiger partial charge in [-0.1, -0.05) is 6.07 Å². The molecule has 160 valence electrons. The summed E-state index contributed by atoms with van der Waals surface area (Å²) in [5, 5.41) is 13.9. The smallest absolute Gasteiger partial charge is 0.271 e. The van der Waals surface area contributed by atoms with E-state index in [0.717, 1.165) is 36.4 Å². The largest absolute Gasteiger partial charge is 0.367 e. The number of sulfone groups is 1. The van der Waals surface area contributed by atoms with Gasteiger partial charge in [0.05, 0.1) is 15.5 Å². The van der Waals surface area contributed by atoms with Crippen LogP contribution in [0, 0.1) is 22.9 Å². The molecule has 30 heavy (non-hydrogen) atoms. The number of non-ortho nitro benzene ring substituents is 1. The van der Waals surface area contributed by atoms with E-state index in [0.29, 0.717) is 25.2 Å². The van der Waals surface area contributed by atoms with Crippen molar-refractivity contribution >= 4 is 27.1 Å². The number of rotatable bonds is 5. The number of nitrogens with one attached hydrogen (secondary N) is 1. The molecule has 8 nitrogen and oxygen atoms in total. The van der Waals surface area contributed by atoms with Gasteiger partial charge in [-0.15, -0.1) is 0 Å². The Hall–Kier alpha value is -3.01. The van der Waals surface area contributed by atoms with Crippen molar-refractivity contribution in [2.24, 2.45) is 0 Å². The van der Waals surface area contributed by atoms with Crippen molar-refractivity contribution < 1.29 is 22.5 Å². The first-order chi connectivity index (χ1) is 14.0. The number of nitrogens with zero attached hydrogens (tertiary/aromatic N) is 2. The summed E-state index contributed by atoms with van der Waals surface area (Å²) in [7, 11) is -3.74. The van der Waals surface area contributed by atoms with Gasteiger partial charge in [0.25, 0.3) is 11.6 Å². The molecule has 1 aliphatic heterocycles. The third kappa shape index (κ3) is 4.93. The van der Waals surface area contributed by atoms with Crippen molar-refractivity contribution in [3.8, 4) is 0 Å². The Labute approximate surface area is 173 Å². The van der Waals surface area contributed by atoms with E-state index >= 15 is 0 Å². The predicted molar refractivity (Wildman–Crippen MR) is 110 cm³/mol. The molecular weight excluding hydrogens is 413 g/mol. The summed E-state index contributed by atoms with van der Waals surface area (Å²) in [6.07, 6.45) is 2.30. The van der Waals surface area contributed by atoms with Crippen LogP contribution in [0.2, 0.25) is 0 Å². The van der Waals surface area contributed by atoms with E-state index < -0.39 is 26.4 Å². The number of hydrogen-bond donors (Lipinski definition) is 1. The van der Waals surface area contributed by atoms with Crippen molar-refractivity contribution in [1.29, 1.82) is 0 Å². The fourth-order valence-electron chi connectivity index (χ4n) is 3.48. The van der Waals surface area contributed by atoms with Crippen molar-refractivity contribution in [1.82, 2.24) is 5.32 Å². The number of carbonyl (C=O) groups excluding carboxylic acids is 1. The van der Waals surface area contributed by atoms with Crippen LogP contribution >= 0.6 is 0 Å². The van der Waals surface area contributed by atoms with Crippen LogP contribution in [0.4, 0.5) is 15.8 Å². The number of aryl methyl sites for hydroxylation is 1. The van der Waals surface area contributed by atoms with Gasteiger partial charge in [-0.25, -0.2) is 12.8 Å². The van der Waals surface area contributed by atoms with Crippen LogP contribution in [-0.2, 0) is 9.84 Å². The average Bonchev–Trinajstić information content (AvgIpc) is 2.69. The molecule has 1 atom stereocenters. The Balaban J connectivity index is 1.81. The lowest BCUT2D eigenvalue weighted by molar-refractivity contribution is -0.385. The minimum Gasteiger partial charge on any atom is -0.367 e. The lowest BCUT2D eigenvalue weighted by Gasteiger charge is -2.35. The number of nitro benzene ring substituents is 1. The Morgan fingerprint density at radius 3 is 2.67 bits per heavy atom. The minimum absolute atomic E-state index is 0.108. The van der Waals surface area contributed by atoms with Gasteiger partial charge >= 0.3 is 0 Å². The molecule has 1 heterocycles. The Bertz CT molecular complexity index is 1100. The maximum atomic E-state index is 14.2. The number of carbonyl (C=O) groups is 1. The van der Waals surface area contributed by atoms with E-state index in [9.17, 15) is 27.7 Å². The molecule has 1 aliphatic rings. The molecule has 1 saturated heterocycles. The summed E-state index contributed by atoms with van der Waals surface area (Å²) < 4.78 is 37.9. The topological polar surface area (TPSA) is 110 Å². The number of nitro groups is 1. The number of piperidine rings is 1. The third-order valence-electron chi connectivity index (χ3n) is 4.99. The summed E-state index contributed by atoms with van der Waals surface area (Å²) in [4.78, 5) is 24.7. The van der Waals surface area contributed by atoms with Gasteiger partial charge in [0, 0.05) is 43.1 Å². The fourth-order valence-corrected chi connectivity index (χ4v) is 4.16. The van der Waals surface area contributed by atoms with Crippen LogP contribution < -0.4 is 10.2 Å². The first-order valence-electron chi connectivity index (χ1n) is 9.36. The standard InChI is InChI=1S/C20H22FN3O5S/c1-13-5-6-18(21)19(8-13)23-7-3-4-15(12-23)22-20(25)14-9-16(24(26)27)11-17(10-14)30(2,28)29/h5-6,8-11,15H,3-4,7,12H2,1-2H3,(H,22,25). The minimum atomic E-state index is -3.74. The highest BCUT2D eigenvalue weighted by molar-refractivity contribution is 7.90. The highest BCUT2D eigenvalue weighted by atomic mass is 32.2. The lowest BCUT2D eigenvalue weighted by atomic mass is 10.0. The van der Waals surface area contributed by atoms with Crippen LogP contribution in [-0.4, -0.2) is 44.6 Å². The molecular formula is C20H22FN3O5S. The quantitative estimate of drug-likeness (QED) is 0.571. The van der Waals surface area contributed by atoms with Crippen molar-refractivity contribution in [3.05, 3.63) is 63.5 Å². The molecule has 1 unspecified atom stereocenters. The summed E-state index contributed by atoms with van der Waals surface area (Å²) in [5.41, 5.74) is 0.796. The zero-order valence-corrected chi connectivity index (χ0v) is 17.4. The van der Waals surface area contributed by atoms with Gasteiger partial charge in [0.2, 0.25) is 0 Å². The van der Waals surface area contributed by atoms with Crippen LogP contribution in [0.25, 0.3) is 0 Å². The number of amides is 1. The predicted octanol–water partition coefficient (Wildman–Crippen LogP) is 2.84. The fraction of sp³-hybridized carbons (Fsp3) is 0.350. The maximum absolute atomic E-state index is 14.2. The van der Waals surface area contributed by atoms with Crippen LogP contribution in [0.5, 0.6) is 0 Å². The van der Waals surface area contributed by atoms with Crippen molar-refractivity contribution in [3.63, 3.8) is 0 Å². The second-order valence-corrected chi connectivity index (χ2v) is 9.47. The van der Waals surface area contributed by atoms with E-state index in [1.54, 1.807) is 12.1 Å². The van der Waals surface area contributed by atoms with Gasteiger partial charge in [-0.3, -0.25) is 14.9 Å². The summed E-state index contributed by atoms with van der Waals surface area (Å²) in [6, 6.07) is 7.62. The average molecular weight is 435 g/mol. The lowest BCUT2D eigenvalue weighted by Crippen LogP contribution is -2.48. The highest BCUT2D eigenvalue weighted by Crippen LogP contribution is 2.25. The summed E-state index contributed by atoms with van der Waals surface area (Å²) >= 11 is 0. The molecule has 10 heteroatoms. The molecule has 0 radical (unpaired) electrons. The number of hydrogen-bond acceptors (Lipinski definition) is 6. The second kappa shape index (κ2) is 8.39. The van der Waals surface area contributed by atoms with Crippen molar-refractivity contribution in [2.75, 3.05) is 24.2 Å². The van der Waals surface area contributed by atoms with E-state index in [1.165, 1.54) is 6.07 Å². The molecule has 2 aromatic rings. The van der Waals surface area contributed by atoms with E-state index in [-0.39, 0.29) is 22.3 Å². The summed E-state index contributed by atoms with van der Waals surface area (Å²) in [6.45, 7) is 2.88. The highest BCUT2D eigenvalue weighted by Gasteiger charge is 2.25. The number of halogens is 1. The Morgan fingerprint density at radius 2 is 2.00 bits per heavy atom. The van der Waals surface area contributed by atoms with E-state index in [4.69, 9.17) is 0 Å². The maximum Gasteiger partial charge on any atom is 0.271 e. The first-order valence-corrected chi connectivity index (χ1v) is 11.3. The molecule has 1 fully saturated rings. The molecule has 0 bridgehead atoms. The second-order valence-electron chi connectivity index (χ2n) is 7.46. The van der Waals surface area contributed by atoms with Gasteiger partial charge in [-0.05, 0) is 43.5 Å². The third-order valence-corrected chi connectivity index (χ3v) is 6.08.